The quantitative estimate of drug-likeness (QED) is 0.789. The van der Waals surface area contributed by atoms with Gasteiger partial charge in [-0.2, -0.15) is 0 Å². The highest BCUT2D eigenvalue weighted by Gasteiger charge is 2.18. The summed E-state index contributed by atoms with van der Waals surface area (Å²) in [6, 6.07) is 10.8. The van der Waals surface area contributed by atoms with Crippen LogP contribution in [0.15, 0.2) is 42.6 Å². The second-order valence-corrected chi connectivity index (χ2v) is 5.35. The molecule has 1 aromatic heterocycles. The van der Waals surface area contributed by atoms with E-state index in [4.69, 9.17) is 0 Å². The maximum absolute atomic E-state index is 12.8. The summed E-state index contributed by atoms with van der Waals surface area (Å²) in [5.41, 5.74) is 2.56. The third-order valence-electron chi connectivity index (χ3n) is 3.42. The molecule has 0 aliphatic rings. The van der Waals surface area contributed by atoms with Crippen LogP contribution in [0.4, 0.5) is 10.1 Å². The third-order valence-corrected chi connectivity index (χ3v) is 3.42. The zero-order chi connectivity index (χ0) is 15.4. The molecular formula is C17H19FN2O. The maximum Gasteiger partial charge on any atom is 0.185 e. The fourth-order valence-corrected chi connectivity index (χ4v) is 2.24. The summed E-state index contributed by atoms with van der Waals surface area (Å²) in [5.74, 6) is -0.723. The molecule has 1 atom stereocenters. The third kappa shape index (κ3) is 3.88. The van der Waals surface area contributed by atoms with E-state index in [2.05, 4.69) is 11.1 Å². The Kier molecular flexibility index (Phi) is 4.68. The molecule has 0 bridgehead atoms. The van der Waals surface area contributed by atoms with Gasteiger partial charge >= 0.3 is 0 Å². The van der Waals surface area contributed by atoms with Crippen molar-refractivity contribution in [3.05, 3.63) is 59.7 Å². The van der Waals surface area contributed by atoms with Crippen LogP contribution in [0, 0.1) is 18.7 Å². The molecule has 4 heteroatoms. The summed E-state index contributed by atoms with van der Waals surface area (Å²) in [5, 5.41) is 0. The van der Waals surface area contributed by atoms with Crippen LogP contribution < -0.4 is 4.90 Å². The number of ketones is 1. The predicted molar refractivity (Wildman–Crippen MR) is 82.1 cm³/mol. The van der Waals surface area contributed by atoms with Gasteiger partial charge in [-0.1, -0.05) is 19.1 Å². The summed E-state index contributed by atoms with van der Waals surface area (Å²) in [6.45, 7) is 4.48. The summed E-state index contributed by atoms with van der Waals surface area (Å²) in [4.78, 5) is 18.2. The molecular weight excluding hydrogens is 267 g/mol. The normalized spacial score (nSPS) is 12.0. The highest BCUT2D eigenvalue weighted by Crippen LogP contribution is 2.17. The summed E-state index contributed by atoms with van der Waals surface area (Å²) in [6.07, 6.45) is 1.07. The van der Waals surface area contributed by atoms with E-state index >= 15 is 0 Å². The number of Topliss-reactive ketones (excluding diaryl/α,β-unsaturated/α-hetero) is 1. The van der Waals surface area contributed by atoms with Crippen molar-refractivity contribution >= 4 is 11.5 Å². The molecule has 110 valence electrons. The number of aromatic nitrogens is 1. The molecule has 0 aliphatic carbocycles. The van der Waals surface area contributed by atoms with E-state index < -0.39 is 5.82 Å². The fraction of sp³-hybridized carbons (Fsp3) is 0.294. The van der Waals surface area contributed by atoms with Gasteiger partial charge in [-0.25, -0.2) is 4.39 Å². The lowest BCUT2D eigenvalue weighted by Gasteiger charge is -2.23. The molecule has 0 spiro atoms. The number of rotatable bonds is 5. The highest BCUT2D eigenvalue weighted by molar-refractivity contribution is 5.96. The monoisotopic (exact) mass is 286 g/mol. The Morgan fingerprint density at radius 3 is 2.71 bits per heavy atom. The van der Waals surface area contributed by atoms with Crippen molar-refractivity contribution in [3.8, 4) is 0 Å². The molecule has 0 aliphatic heterocycles. The van der Waals surface area contributed by atoms with Crippen LogP contribution in [0.3, 0.4) is 0 Å². The van der Waals surface area contributed by atoms with Crippen molar-refractivity contribution in [2.24, 2.45) is 5.92 Å². The predicted octanol–water partition coefficient (Wildman–Crippen LogP) is 3.48. The number of aryl methyl sites for hydroxylation is 1. The number of halogens is 1. The fourth-order valence-electron chi connectivity index (χ4n) is 2.24. The number of carbonyl (C=O) groups excluding carboxylic acids is 1. The zero-order valence-corrected chi connectivity index (χ0v) is 12.5. The molecule has 21 heavy (non-hydrogen) atoms. The van der Waals surface area contributed by atoms with Crippen LogP contribution in [0.1, 0.15) is 23.0 Å². The van der Waals surface area contributed by atoms with Crippen LogP contribution in [-0.2, 0) is 0 Å². The molecule has 0 amide bonds. The Bertz CT molecular complexity index is 625. The number of hydrogen-bond donors (Lipinski definition) is 0. The Balaban J connectivity index is 2.05. The first kappa shape index (κ1) is 15.2. The number of carbonyl (C=O) groups is 1. The first-order chi connectivity index (χ1) is 9.97. The Hall–Kier alpha value is -2.23. The van der Waals surface area contributed by atoms with Gasteiger partial charge in [0.15, 0.2) is 5.78 Å². The van der Waals surface area contributed by atoms with Gasteiger partial charge in [-0.15, -0.1) is 0 Å². The lowest BCUT2D eigenvalue weighted by molar-refractivity contribution is 0.0928. The van der Waals surface area contributed by atoms with Crippen LogP contribution in [0.2, 0.25) is 0 Å². The van der Waals surface area contributed by atoms with E-state index in [0.29, 0.717) is 12.2 Å². The molecule has 0 N–H and O–H groups in total. The maximum atomic E-state index is 12.8. The molecule has 1 unspecified atom stereocenters. The van der Waals surface area contributed by atoms with Crippen LogP contribution >= 0.6 is 0 Å². The average molecular weight is 286 g/mol. The second-order valence-electron chi connectivity index (χ2n) is 5.35. The van der Waals surface area contributed by atoms with Gasteiger partial charge in [0.2, 0.25) is 0 Å². The average Bonchev–Trinajstić information content (AvgIpc) is 2.47. The first-order valence-electron chi connectivity index (χ1n) is 6.91. The Labute approximate surface area is 124 Å². The molecule has 0 saturated heterocycles. The number of nitrogens with zero attached hydrogens (tertiary/aromatic N) is 2. The molecule has 2 rings (SSSR count). The second kappa shape index (κ2) is 6.48. The van der Waals surface area contributed by atoms with Crippen molar-refractivity contribution in [2.75, 3.05) is 18.5 Å². The van der Waals surface area contributed by atoms with Gasteiger partial charge in [0.05, 0.1) is 6.20 Å². The highest BCUT2D eigenvalue weighted by atomic mass is 19.1. The minimum absolute atomic E-state index is 0.0745. The molecule has 2 aromatic rings. The SMILES string of the molecule is Cc1cccc(N(C)CC(C)C(=O)c2ccc(F)cn2)c1. The summed E-state index contributed by atoms with van der Waals surface area (Å²) >= 11 is 0. The number of anilines is 1. The van der Waals surface area contributed by atoms with Gasteiger partial charge < -0.3 is 4.90 Å². The molecule has 0 radical (unpaired) electrons. The van der Waals surface area contributed by atoms with Gasteiger partial charge in [-0.05, 0) is 36.8 Å². The molecule has 1 heterocycles. The topological polar surface area (TPSA) is 33.2 Å². The first-order valence-corrected chi connectivity index (χ1v) is 6.91. The minimum Gasteiger partial charge on any atom is -0.374 e. The molecule has 1 aromatic carbocycles. The Morgan fingerprint density at radius 2 is 2.10 bits per heavy atom. The van der Waals surface area contributed by atoms with Gasteiger partial charge in [-0.3, -0.25) is 9.78 Å². The number of benzene rings is 1. The van der Waals surface area contributed by atoms with E-state index in [1.54, 1.807) is 0 Å². The van der Waals surface area contributed by atoms with E-state index in [1.807, 2.05) is 44.0 Å². The number of pyridine rings is 1. The molecule has 0 fully saturated rings. The van der Waals surface area contributed by atoms with E-state index in [9.17, 15) is 9.18 Å². The van der Waals surface area contributed by atoms with Crippen molar-refractivity contribution in [3.63, 3.8) is 0 Å². The number of hydrogen-bond acceptors (Lipinski definition) is 3. The summed E-state index contributed by atoms with van der Waals surface area (Å²) in [7, 11) is 1.96. The molecule has 0 saturated carbocycles. The lowest BCUT2D eigenvalue weighted by Crippen LogP contribution is -2.29. The summed E-state index contributed by atoms with van der Waals surface area (Å²) < 4.78 is 12.8. The van der Waals surface area contributed by atoms with Crippen molar-refractivity contribution in [1.82, 2.24) is 4.98 Å². The van der Waals surface area contributed by atoms with Crippen molar-refractivity contribution in [2.45, 2.75) is 13.8 Å². The van der Waals surface area contributed by atoms with E-state index in [-0.39, 0.29) is 11.7 Å². The van der Waals surface area contributed by atoms with Crippen LogP contribution in [0.25, 0.3) is 0 Å². The van der Waals surface area contributed by atoms with E-state index in [1.165, 1.54) is 17.7 Å². The minimum atomic E-state index is -0.434. The van der Waals surface area contributed by atoms with Crippen LogP contribution in [-0.4, -0.2) is 24.4 Å². The van der Waals surface area contributed by atoms with Crippen molar-refractivity contribution < 1.29 is 9.18 Å². The smallest absolute Gasteiger partial charge is 0.185 e. The standard InChI is InChI=1S/C17H19FN2O/c1-12-5-4-6-15(9-12)20(3)11-13(2)17(21)16-8-7-14(18)10-19-16/h4-10,13H,11H2,1-3H3. The van der Waals surface area contributed by atoms with Gasteiger partial charge in [0.25, 0.3) is 0 Å². The van der Waals surface area contributed by atoms with Gasteiger partial charge in [0.1, 0.15) is 11.5 Å². The largest absolute Gasteiger partial charge is 0.374 e. The van der Waals surface area contributed by atoms with E-state index in [0.717, 1.165) is 11.9 Å². The van der Waals surface area contributed by atoms with Crippen molar-refractivity contribution in [1.29, 1.82) is 0 Å². The molecule has 3 nitrogen and oxygen atoms in total. The lowest BCUT2D eigenvalue weighted by atomic mass is 10.0. The van der Waals surface area contributed by atoms with Gasteiger partial charge in [0, 0.05) is 25.2 Å². The van der Waals surface area contributed by atoms with Crippen LogP contribution in [0.5, 0.6) is 0 Å². The zero-order valence-electron chi connectivity index (χ0n) is 12.5. The Morgan fingerprint density at radius 1 is 1.33 bits per heavy atom.